The smallest absolute Gasteiger partial charge is 0.0276 e. The Hall–Kier alpha value is 0.310. The van der Waals surface area contributed by atoms with Gasteiger partial charge in [-0.2, -0.15) is 11.8 Å². The Morgan fingerprint density at radius 2 is 1.63 bits per heavy atom. The fraction of sp³-hybridized carbons (Fsp3) is 1.00. The molecule has 0 aromatic carbocycles. The van der Waals surface area contributed by atoms with Crippen LogP contribution < -0.4 is 5.32 Å². The van der Waals surface area contributed by atoms with E-state index in [1.54, 1.807) is 0 Å². The van der Waals surface area contributed by atoms with Gasteiger partial charge in [-0.1, -0.05) is 47.5 Å². The summed E-state index contributed by atoms with van der Waals surface area (Å²) in [5.74, 6) is 0.842. The van der Waals surface area contributed by atoms with Gasteiger partial charge in [-0.15, -0.1) is 0 Å². The average Bonchev–Trinajstić information content (AvgIpc) is 2.40. The molecule has 1 aliphatic carbocycles. The van der Waals surface area contributed by atoms with E-state index in [0.29, 0.717) is 10.2 Å². The molecule has 1 N–H and O–H groups in total. The lowest BCUT2D eigenvalue weighted by Crippen LogP contribution is -2.49. The Balaban J connectivity index is 2.63. The molecule has 0 heterocycles. The van der Waals surface area contributed by atoms with Crippen LogP contribution in [0.25, 0.3) is 0 Å². The Kier molecular flexibility index (Phi) is 6.72. The predicted octanol–water partition coefficient (Wildman–Crippen LogP) is 5.10. The highest BCUT2D eigenvalue weighted by molar-refractivity contribution is 8.00. The SMILES string of the molecule is CCC(CC)(CNC1CCCCC1C(C)(C)C)SC. The van der Waals surface area contributed by atoms with Crippen molar-refractivity contribution < 1.29 is 0 Å². The van der Waals surface area contributed by atoms with E-state index in [0.717, 1.165) is 12.0 Å². The molecule has 1 nitrogen and oxygen atoms in total. The van der Waals surface area contributed by atoms with Crippen LogP contribution in [0.15, 0.2) is 0 Å². The fourth-order valence-electron chi connectivity index (χ4n) is 3.59. The third-order valence-electron chi connectivity index (χ3n) is 5.29. The van der Waals surface area contributed by atoms with Crippen molar-refractivity contribution in [2.45, 2.75) is 83.9 Å². The highest BCUT2D eigenvalue weighted by atomic mass is 32.2. The summed E-state index contributed by atoms with van der Waals surface area (Å²) < 4.78 is 0.444. The fourth-order valence-corrected chi connectivity index (χ4v) is 4.39. The summed E-state index contributed by atoms with van der Waals surface area (Å²) in [7, 11) is 0. The third-order valence-corrected chi connectivity index (χ3v) is 6.87. The Morgan fingerprint density at radius 1 is 1.05 bits per heavy atom. The molecule has 1 fully saturated rings. The molecule has 2 heteroatoms. The lowest BCUT2D eigenvalue weighted by Gasteiger charge is -2.43. The molecular weight excluding hydrogens is 250 g/mol. The maximum atomic E-state index is 3.95. The maximum absolute atomic E-state index is 3.95. The number of rotatable bonds is 6. The van der Waals surface area contributed by atoms with E-state index < -0.39 is 0 Å². The van der Waals surface area contributed by atoms with E-state index in [1.807, 2.05) is 0 Å². The van der Waals surface area contributed by atoms with Gasteiger partial charge in [0.25, 0.3) is 0 Å². The number of thioether (sulfide) groups is 1. The lowest BCUT2D eigenvalue weighted by molar-refractivity contribution is 0.129. The van der Waals surface area contributed by atoms with Gasteiger partial charge in [0.1, 0.15) is 0 Å². The van der Waals surface area contributed by atoms with Crippen molar-refractivity contribution in [3.05, 3.63) is 0 Å². The molecule has 0 amide bonds. The highest BCUT2D eigenvalue weighted by Crippen LogP contribution is 2.38. The number of nitrogens with one attached hydrogen (secondary N) is 1. The third kappa shape index (κ3) is 4.67. The molecule has 0 radical (unpaired) electrons. The molecule has 2 unspecified atom stereocenters. The van der Waals surface area contributed by atoms with E-state index in [-0.39, 0.29) is 0 Å². The van der Waals surface area contributed by atoms with Gasteiger partial charge in [0.15, 0.2) is 0 Å². The molecular formula is C17H35NS. The van der Waals surface area contributed by atoms with E-state index in [2.05, 4.69) is 58.0 Å². The van der Waals surface area contributed by atoms with Crippen molar-refractivity contribution in [2.24, 2.45) is 11.3 Å². The zero-order valence-corrected chi connectivity index (χ0v) is 14.8. The van der Waals surface area contributed by atoms with E-state index in [4.69, 9.17) is 0 Å². The second kappa shape index (κ2) is 7.36. The Bertz CT molecular complexity index is 244. The summed E-state index contributed by atoms with van der Waals surface area (Å²) >= 11 is 2.05. The van der Waals surface area contributed by atoms with Gasteiger partial charge in [-0.3, -0.25) is 0 Å². The van der Waals surface area contributed by atoms with Crippen molar-refractivity contribution in [3.63, 3.8) is 0 Å². The van der Waals surface area contributed by atoms with Gasteiger partial charge in [-0.25, -0.2) is 0 Å². The van der Waals surface area contributed by atoms with Gasteiger partial charge in [0.2, 0.25) is 0 Å². The standard InChI is InChI=1S/C17H35NS/c1-7-17(8-2,19-6)13-18-15-12-10-9-11-14(15)16(3,4)5/h14-15,18H,7-13H2,1-6H3. The first-order valence-corrected chi connectivity index (χ1v) is 9.39. The van der Waals surface area contributed by atoms with E-state index in [9.17, 15) is 0 Å². The second-order valence-electron chi connectivity index (χ2n) is 7.34. The molecule has 1 saturated carbocycles. The van der Waals surface area contributed by atoms with Crippen LogP contribution in [0.5, 0.6) is 0 Å². The lowest BCUT2D eigenvalue weighted by atomic mass is 9.69. The molecule has 1 aliphatic rings. The van der Waals surface area contributed by atoms with Crippen LogP contribution in [-0.4, -0.2) is 23.6 Å². The van der Waals surface area contributed by atoms with Gasteiger partial charge < -0.3 is 5.32 Å². The molecule has 1 rings (SSSR count). The van der Waals surface area contributed by atoms with Crippen molar-refractivity contribution in [1.82, 2.24) is 5.32 Å². The molecule has 114 valence electrons. The molecule has 0 bridgehead atoms. The molecule has 19 heavy (non-hydrogen) atoms. The normalized spacial score (nSPS) is 25.6. The summed E-state index contributed by atoms with van der Waals surface area (Å²) in [6, 6.07) is 0.735. The highest BCUT2D eigenvalue weighted by Gasteiger charge is 2.35. The van der Waals surface area contributed by atoms with Crippen molar-refractivity contribution in [3.8, 4) is 0 Å². The largest absolute Gasteiger partial charge is 0.312 e. The molecule has 2 atom stereocenters. The minimum absolute atomic E-state index is 0.443. The van der Waals surface area contributed by atoms with Crippen LogP contribution in [0.1, 0.15) is 73.1 Å². The maximum Gasteiger partial charge on any atom is 0.0276 e. The first-order valence-electron chi connectivity index (χ1n) is 8.17. The minimum Gasteiger partial charge on any atom is -0.312 e. The van der Waals surface area contributed by atoms with Crippen LogP contribution in [0.3, 0.4) is 0 Å². The quantitative estimate of drug-likeness (QED) is 0.728. The average molecular weight is 286 g/mol. The first kappa shape index (κ1) is 17.4. The minimum atomic E-state index is 0.443. The van der Waals surface area contributed by atoms with Crippen LogP contribution in [0, 0.1) is 11.3 Å². The van der Waals surface area contributed by atoms with Crippen molar-refractivity contribution in [2.75, 3.05) is 12.8 Å². The number of hydrogen-bond donors (Lipinski definition) is 1. The topological polar surface area (TPSA) is 12.0 Å². The molecule has 0 spiro atoms. The zero-order chi connectivity index (χ0) is 14.5. The monoisotopic (exact) mass is 285 g/mol. The van der Waals surface area contributed by atoms with Gasteiger partial charge in [-0.05, 0) is 43.3 Å². The molecule has 0 aromatic rings. The molecule has 0 aromatic heterocycles. The van der Waals surface area contributed by atoms with E-state index in [1.165, 1.54) is 45.1 Å². The summed E-state index contributed by atoms with van der Waals surface area (Å²) in [6.45, 7) is 13.1. The first-order chi connectivity index (χ1) is 8.88. The van der Waals surface area contributed by atoms with Crippen LogP contribution in [0.2, 0.25) is 0 Å². The summed E-state index contributed by atoms with van der Waals surface area (Å²) in [4.78, 5) is 0. The number of hydrogen-bond acceptors (Lipinski definition) is 2. The van der Waals surface area contributed by atoms with Crippen molar-refractivity contribution in [1.29, 1.82) is 0 Å². The van der Waals surface area contributed by atoms with Gasteiger partial charge in [0.05, 0.1) is 0 Å². The van der Waals surface area contributed by atoms with Crippen molar-refractivity contribution >= 4 is 11.8 Å². The molecule has 0 saturated heterocycles. The second-order valence-corrected chi connectivity index (χ2v) is 8.61. The summed E-state index contributed by atoms with van der Waals surface area (Å²) in [6.07, 6.45) is 10.4. The summed E-state index contributed by atoms with van der Waals surface area (Å²) in [5, 5.41) is 3.95. The molecule has 0 aliphatic heterocycles. The van der Waals surface area contributed by atoms with E-state index >= 15 is 0 Å². The zero-order valence-electron chi connectivity index (χ0n) is 14.0. The van der Waals surface area contributed by atoms with Crippen LogP contribution in [-0.2, 0) is 0 Å². The van der Waals surface area contributed by atoms with Crippen LogP contribution >= 0.6 is 11.8 Å². The van der Waals surface area contributed by atoms with Gasteiger partial charge >= 0.3 is 0 Å². The van der Waals surface area contributed by atoms with Gasteiger partial charge in [0, 0.05) is 17.3 Å². The predicted molar refractivity (Wildman–Crippen MR) is 90.0 cm³/mol. The van der Waals surface area contributed by atoms with Crippen LogP contribution in [0.4, 0.5) is 0 Å². The summed E-state index contributed by atoms with van der Waals surface area (Å²) in [5.41, 5.74) is 0.443. The Morgan fingerprint density at radius 3 is 2.11 bits per heavy atom. The Labute approximate surface area is 125 Å².